The SMILES string of the molecule is N#Cc1ccc2c(c1)c1ccccc1n2-c1cccc(-c2ccccc2-c2c(C#N)cccc2-n2c3ccccc3c3c(C#N)cccc32)c1. The zero-order valence-electron chi connectivity index (χ0n) is 26.7. The van der Waals surface area contributed by atoms with E-state index in [1.165, 1.54) is 0 Å². The number of benzene rings is 7. The fourth-order valence-corrected chi connectivity index (χ4v) is 7.56. The molecule has 0 amide bonds. The van der Waals surface area contributed by atoms with Gasteiger partial charge in [-0.05, 0) is 83.4 Å². The Balaban J connectivity index is 1.30. The standard InChI is InChI=1S/C45H25N5/c46-26-29-22-23-41-38(24-29)35-15-3-5-18-39(35)49(41)33-13-7-10-30(25-33)34-14-1-2-16-36(34)44-31(27-47)11-8-20-42(44)50-40-19-6-4-17-37(40)45-32(28-48)12-9-21-43(45)50/h1-25H. The second-order valence-electron chi connectivity index (χ2n) is 12.3. The van der Waals surface area contributed by atoms with Crippen LogP contribution in [0.15, 0.2) is 152 Å². The lowest BCUT2D eigenvalue weighted by Gasteiger charge is -2.19. The summed E-state index contributed by atoms with van der Waals surface area (Å²) in [6, 6.07) is 57.8. The van der Waals surface area contributed by atoms with E-state index in [1.807, 2.05) is 84.9 Å². The highest BCUT2D eigenvalue weighted by molar-refractivity contribution is 6.13. The number of nitrogens with zero attached hydrogens (tertiary/aromatic N) is 5. The molecule has 50 heavy (non-hydrogen) atoms. The van der Waals surface area contributed by atoms with E-state index in [1.54, 1.807) is 0 Å². The van der Waals surface area contributed by atoms with E-state index in [2.05, 4.69) is 94.1 Å². The second-order valence-corrected chi connectivity index (χ2v) is 12.3. The first-order chi connectivity index (χ1) is 24.7. The third-order valence-electron chi connectivity index (χ3n) is 9.64. The van der Waals surface area contributed by atoms with Crippen LogP contribution in [0.3, 0.4) is 0 Å². The van der Waals surface area contributed by atoms with Crippen molar-refractivity contribution in [3.63, 3.8) is 0 Å². The minimum absolute atomic E-state index is 0.559. The molecule has 0 aliphatic carbocycles. The molecule has 0 bridgehead atoms. The fourth-order valence-electron chi connectivity index (χ4n) is 7.56. The van der Waals surface area contributed by atoms with E-state index in [0.29, 0.717) is 16.7 Å². The largest absolute Gasteiger partial charge is 0.309 e. The number of hydrogen-bond donors (Lipinski definition) is 0. The van der Waals surface area contributed by atoms with Crippen molar-refractivity contribution in [2.45, 2.75) is 0 Å². The molecule has 9 aromatic rings. The molecule has 0 unspecified atom stereocenters. The van der Waals surface area contributed by atoms with Crippen LogP contribution in [-0.4, -0.2) is 9.13 Å². The first-order valence-electron chi connectivity index (χ1n) is 16.3. The molecule has 0 aliphatic rings. The van der Waals surface area contributed by atoms with E-state index in [9.17, 15) is 15.8 Å². The Hall–Kier alpha value is -7.39. The first-order valence-corrected chi connectivity index (χ1v) is 16.3. The Labute approximate surface area is 287 Å². The number of para-hydroxylation sites is 2. The molecule has 5 nitrogen and oxygen atoms in total. The highest BCUT2D eigenvalue weighted by Crippen LogP contribution is 2.42. The van der Waals surface area contributed by atoms with Crippen LogP contribution in [0.4, 0.5) is 0 Å². The molecule has 0 spiro atoms. The normalized spacial score (nSPS) is 11.1. The summed E-state index contributed by atoms with van der Waals surface area (Å²) in [7, 11) is 0. The van der Waals surface area contributed by atoms with Crippen LogP contribution in [0.2, 0.25) is 0 Å². The van der Waals surface area contributed by atoms with Crippen molar-refractivity contribution >= 4 is 43.6 Å². The molecule has 0 N–H and O–H groups in total. The van der Waals surface area contributed by atoms with E-state index < -0.39 is 0 Å². The van der Waals surface area contributed by atoms with Gasteiger partial charge in [0.25, 0.3) is 0 Å². The predicted molar refractivity (Wildman–Crippen MR) is 200 cm³/mol. The lowest BCUT2D eigenvalue weighted by atomic mass is 9.90. The molecule has 230 valence electrons. The average molecular weight is 636 g/mol. The summed E-state index contributed by atoms with van der Waals surface area (Å²) in [6.45, 7) is 0. The van der Waals surface area contributed by atoms with Gasteiger partial charge in [0.15, 0.2) is 0 Å². The molecule has 0 atom stereocenters. The minimum Gasteiger partial charge on any atom is -0.309 e. The molecule has 0 saturated carbocycles. The molecule has 5 heteroatoms. The van der Waals surface area contributed by atoms with Gasteiger partial charge in [-0.25, -0.2) is 0 Å². The van der Waals surface area contributed by atoms with Gasteiger partial charge in [0.1, 0.15) is 0 Å². The molecule has 2 aromatic heterocycles. The Bertz CT molecular complexity index is 2970. The summed E-state index contributed by atoms with van der Waals surface area (Å²) in [5.74, 6) is 0. The van der Waals surface area contributed by atoms with Crippen molar-refractivity contribution in [3.05, 3.63) is 168 Å². The van der Waals surface area contributed by atoms with Gasteiger partial charge in [0, 0.05) is 32.8 Å². The van der Waals surface area contributed by atoms with Gasteiger partial charge < -0.3 is 9.13 Å². The summed E-state index contributed by atoms with van der Waals surface area (Å²) < 4.78 is 4.43. The Morgan fingerprint density at radius 3 is 1.86 bits per heavy atom. The zero-order chi connectivity index (χ0) is 33.8. The fraction of sp³-hybridized carbons (Fsp3) is 0. The summed E-state index contributed by atoms with van der Waals surface area (Å²) >= 11 is 0. The van der Waals surface area contributed by atoms with Crippen molar-refractivity contribution in [3.8, 4) is 51.8 Å². The maximum absolute atomic E-state index is 10.6. The maximum atomic E-state index is 10.6. The van der Waals surface area contributed by atoms with Crippen molar-refractivity contribution in [2.75, 3.05) is 0 Å². The topological polar surface area (TPSA) is 81.2 Å². The maximum Gasteiger partial charge on any atom is 0.0998 e. The van der Waals surface area contributed by atoms with Crippen LogP contribution in [0.25, 0.3) is 77.2 Å². The van der Waals surface area contributed by atoms with E-state index >= 15 is 0 Å². The van der Waals surface area contributed by atoms with Crippen LogP contribution in [-0.2, 0) is 0 Å². The van der Waals surface area contributed by atoms with Gasteiger partial charge in [-0.2, -0.15) is 15.8 Å². The lowest BCUT2D eigenvalue weighted by molar-refractivity contribution is 1.18. The number of aromatic nitrogens is 2. The second kappa shape index (κ2) is 11.4. The molecular weight excluding hydrogens is 611 g/mol. The quantitative estimate of drug-likeness (QED) is 0.193. The van der Waals surface area contributed by atoms with Crippen molar-refractivity contribution in [1.82, 2.24) is 9.13 Å². The zero-order valence-corrected chi connectivity index (χ0v) is 26.7. The molecule has 0 saturated heterocycles. The van der Waals surface area contributed by atoms with E-state index in [-0.39, 0.29) is 0 Å². The highest BCUT2D eigenvalue weighted by Gasteiger charge is 2.22. The van der Waals surface area contributed by atoms with Gasteiger partial charge >= 0.3 is 0 Å². The summed E-state index contributed by atoms with van der Waals surface area (Å²) in [5.41, 5.74) is 11.4. The third kappa shape index (κ3) is 4.24. The van der Waals surface area contributed by atoms with Gasteiger partial charge in [-0.1, -0.05) is 84.9 Å². The predicted octanol–water partition coefficient (Wildman–Crippen LogP) is 10.8. The average Bonchev–Trinajstić information content (AvgIpc) is 3.70. The van der Waals surface area contributed by atoms with Crippen molar-refractivity contribution in [2.24, 2.45) is 0 Å². The Morgan fingerprint density at radius 1 is 0.420 bits per heavy atom. The molecular formula is C45H25N5. The van der Waals surface area contributed by atoms with Crippen LogP contribution in [0.5, 0.6) is 0 Å². The molecule has 0 radical (unpaired) electrons. The summed E-state index contributed by atoms with van der Waals surface area (Å²) in [4.78, 5) is 0. The van der Waals surface area contributed by atoms with E-state index in [4.69, 9.17) is 0 Å². The number of hydrogen-bond acceptors (Lipinski definition) is 3. The van der Waals surface area contributed by atoms with Crippen LogP contribution in [0, 0.1) is 34.0 Å². The summed E-state index contributed by atoms with van der Waals surface area (Å²) in [6.07, 6.45) is 0. The van der Waals surface area contributed by atoms with Crippen molar-refractivity contribution < 1.29 is 0 Å². The smallest absolute Gasteiger partial charge is 0.0998 e. The Kier molecular flexibility index (Phi) is 6.56. The monoisotopic (exact) mass is 635 g/mol. The lowest BCUT2D eigenvalue weighted by Crippen LogP contribution is -2.01. The number of fused-ring (bicyclic) bond motifs is 6. The third-order valence-corrected chi connectivity index (χ3v) is 9.64. The molecule has 9 rings (SSSR count). The van der Waals surface area contributed by atoms with Crippen LogP contribution >= 0.6 is 0 Å². The number of rotatable bonds is 4. The van der Waals surface area contributed by atoms with Gasteiger partial charge in [0.05, 0.1) is 62.7 Å². The molecule has 2 heterocycles. The molecule has 0 fully saturated rings. The van der Waals surface area contributed by atoms with Gasteiger partial charge in [0.2, 0.25) is 0 Å². The molecule has 0 aliphatic heterocycles. The highest BCUT2D eigenvalue weighted by atomic mass is 15.0. The van der Waals surface area contributed by atoms with Crippen LogP contribution < -0.4 is 0 Å². The van der Waals surface area contributed by atoms with Crippen LogP contribution in [0.1, 0.15) is 16.7 Å². The van der Waals surface area contributed by atoms with Crippen molar-refractivity contribution in [1.29, 1.82) is 15.8 Å². The first kappa shape index (κ1) is 28.8. The summed E-state index contributed by atoms with van der Waals surface area (Å²) in [5, 5.41) is 34.3. The number of nitriles is 3. The Morgan fingerprint density at radius 2 is 1.06 bits per heavy atom. The van der Waals surface area contributed by atoms with Gasteiger partial charge in [-0.3, -0.25) is 0 Å². The molecule has 7 aromatic carbocycles. The minimum atomic E-state index is 0.559. The van der Waals surface area contributed by atoms with E-state index in [0.717, 1.165) is 77.2 Å². The van der Waals surface area contributed by atoms with Gasteiger partial charge in [-0.15, -0.1) is 0 Å².